The molecule has 0 atom stereocenters. The number of nitrogen functional groups attached to an aromatic ring is 1. The molecule has 4 N–H and O–H groups in total. The Morgan fingerprint density at radius 3 is 2.72 bits per heavy atom. The van der Waals surface area contributed by atoms with E-state index >= 15 is 0 Å². The van der Waals surface area contributed by atoms with Gasteiger partial charge in [0.05, 0.1) is 0 Å². The Bertz CT molecular complexity index is 576. The SMILES string of the molecule is Cc1ccc(CNC(=N)c2nonc2N)cc1C. The lowest BCUT2D eigenvalue weighted by atomic mass is 10.1. The van der Waals surface area contributed by atoms with E-state index in [1.54, 1.807) is 0 Å². The second kappa shape index (κ2) is 4.87. The minimum Gasteiger partial charge on any atom is -0.379 e. The summed E-state index contributed by atoms with van der Waals surface area (Å²) in [6.45, 7) is 4.66. The predicted octanol–water partition coefficient (Wildman–Crippen LogP) is 1.38. The number of hydrogen-bond acceptors (Lipinski definition) is 5. The van der Waals surface area contributed by atoms with Gasteiger partial charge in [-0.05, 0) is 40.9 Å². The number of aryl methyl sites for hydroxylation is 2. The van der Waals surface area contributed by atoms with Crippen molar-refractivity contribution in [3.8, 4) is 0 Å². The van der Waals surface area contributed by atoms with Gasteiger partial charge in [0.1, 0.15) is 0 Å². The average Bonchev–Trinajstić information content (AvgIpc) is 2.77. The number of anilines is 1. The fourth-order valence-corrected chi connectivity index (χ4v) is 1.56. The highest BCUT2D eigenvalue weighted by Gasteiger charge is 2.11. The van der Waals surface area contributed by atoms with Crippen LogP contribution in [0.5, 0.6) is 0 Å². The summed E-state index contributed by atoms with van der Waals surface area (Å²) in [5, 5.41) is 17.7. The minimum absolute atomic E-state index is 0.104. The first-order valence-electron chi connectivity index (χ1n) is 5.55. The lowest BCUT2D eigenvalue weighted by molar-refractivity contribution is 0.308. The van der Waals surface area contributed by atoms with Crippen LogP contribution in [0.4, 0.5) is 5.82 Å². The van der Waals surface area contributed by atoms with Crippen LogP contribution < -0.4 is 11.1 Å². The number of benzene rings is 1. The summed E-state index contributed by atoms with van der Waals surface area (Å²) < 4.78 is 4.45. The van der Waals surface area contributed by atoms with Crippen molar-refractivity contribution in [3.05, 3.63) is 40.6 Å². The summed E-state index contributed by atoms with van der Waals surface area (Å²) in [6.07, 6.45) is 0. The summed E-state index contributed by atoms with van der Waals surface area (Å²) in [7, 11) is 0. The van der Waals surface area contributed by atoms with Gasteiger partial charge >= 0.3 is 0 Å². The predicted molar refractivity (Wildman–Crippen MR) is 68.3 cm³/mol. The summed E-state index contributed by atoms with van der Waals surface area (Å²) in [5.41, 5.74) is 9.31. The summed E-state index contributed by atoms with van der Waals surface area (Å²) in [4.78, 5) is 0. The zero-order chi connectivity index (χ0) is 13.1. The molecule has 0 fully saturated rings. The molecule has 2 aromatic rings. The Kier molecular flexibility index (Phi) is 3.27. The van der Waals surface area contributed by atoms with Gasteiger partial charge in [-0.25, -0.2) is 4.63 Å². The molecule has 0 spiro atoms. The summed E-state index contributed by atoms with van der Waals surface area (Å²) in [6, 6.07) is 6.16. The molecular formula is C12H15N5O. The summed E-state index contributed by atoms with van der Waals surface area (Å²) >= 11 is 0. The van der Waals surface area contributed by atoms with Gasteiger partial charge in [-0.3, -0.25) is 5.41 Å². The van der Waals surface area contributed by atoms with Gasteiger partial charge in [-0.15, -0.1) is 0 Å². The molecule has 0 aliphatic rings. The van der Waals surface area contributed by atoms with Crippen molar-refractivity contribution in [2.24, 2.45) is 0 Å². The van der Waals surface area contributed by atoms with Crippen LogP contribution in [0.25, 0.3) is 0 Å². The second-order valence-corrected chi connectivity index (χ2v) is 4.15. The molecule has 94 valence electrons. The number of nitrogens with zero attached hydrogens (tertiary/aromatic N) is 2. The number of hydrogen-bond donors (Lipinski definition) is 3. The molecule has 6 heteroatoms. The molecule has 0 radical (unpaired) electrons. The van der Waals surface area contributed by atoms with Gasteiger partial charge in [0.2, 0.25) is 0 Å². The quantitative estimate of drug-likeness (QED) is 0.560. The Morgan fingerprint density at radius 2 is 2.11 bits per heavy atom. The summed E-state index contributed by atoms with van der Waals surface area (Å²) in [5.74, 6) is 0.222. The highest BCUT2D eigenvalue weighted by molar-refractivity contribution is 5.97. The molecular weight excluding hydrogens is 230 g/mol. The van der Waals surface area contributed by atoms with Gasteiger partial charge in [0.15, 0.2) is 17.3 Å². The molecule has 18 heavy (non-hydrogen) atoms. The van der Waals surface area contributed by atoms with Crippen molar-refractivity contribution in [1.82, 2.24) is 15.6 Å². The normalized spacial score (nSPS) is 10.3. The molecule has 1 aromatic carbocycles. The molecule has 0 amide bonds. The molecule has 0 saturated heterocycles. The number of rotatable bonds is 3. The zero-order valence-corrected chi connectivity index (χ0v) is 10.3. The first-order chi connectivity index (χ1) is 8.58. The van der Waals surface area contributed by atoms with Crippen molar-refractivity contribution in [2.45, 2.75) is 20.4 Å². The van der Waals surface area contributed by atoms with Crippen LogP contribution in [0.1, 0.15) is 22.4 Å². The molecule has 0 bridgehead atoms. The largest absolute Gasteiger partial charge is 0.379 e. The van der Waals surface area contributed by atoms with E-state index in [9.17, 15) is 0 Å². The lowest BCUT2D eigenvalue weighted by Gasteiger charge is -2.07. The Labute approximate surface area is 105 Å². The monoisotopic (exact) mass is 245 g/mol. The average molecular weight is 245 g/mol. The molecule has 6 nitrogen and oxygen atoms in total. The van der Waals surface area contributed by atoms with E-state index in [4.69, 9.17) is 11.1 Å². The molecule has 0 saturated carbocycles. The second-order valence-electron chi connectivity index (χ2n) is 4.15. The van der Waals surface area contributed by atoms with Gasteiger partial charge < -0.3 is 11.1 Å². The van der Waals surface area contributed by atoms with Crippen LogP contribution >= 0.6 is 0 Å². The van der Waals surface area contributed by atoms with Crippen LogP contribution in [0, 0.1) is 19.3 Å². The highest BCUT2D eigenvalue weighted by atomic mass is 16.6. The van der Waals surface area contributed by atoms with Gasteiger partial charge in [0.25, 0.3) is 0 Å². The van der Waals surface area contributed by atoms with Crippen molar-refractivity contribution in [1.29, 1.82) is 5.41 Å². The molecule has 1 heterocycles. The van der Waals surface area contributed by atoms with Crippen molar-refractivity contribution >= 4 is 11.7 Å². The third-order valence-corrected chi connectivity index (χ3v) is 2.79. The fourth-order valence-electron chi connectivity index (χ4n) is 1.56. The fraction of sp³-hybridized carbons (Fsp3) is 0.250. The van der Waals surface area contributed by atoms with E-state index in [0.717, 1.165) is 5.56 Å². The molecule has 0 aliphatic heterocycles. The number of aromatic nitrogens is 2. The lowest BCUT2D eigenvalue weighted by Crippen LogP contribution is -2.24. The third-order valence-electron chi connectivity index (χ3n) is 2.79. The maximum Gasteiger partial charge on any atom is 0.199 e. The number of nitrogens with two attached hydrogens (primary N) is 1. The Balaban J connectivity index is 2.02. The number of nitrogens with one attached hydrogen (secondary N) is 2. The number of amidine groups is 1. The van der Waals surface area contributed by atoms with Gasteiger partial charge in [-0.2, -0.15) is 0 Å². The smallest absolute Gasteiger partial charge is 0.199 e. The molecule has 2 rings (SSSR count). The first kappa shape index (κ1) is 12.1. The topological polar surface area (TPSA) is 101 Å². The third kappa shape index (κ3) is 2.48. The van der Waals surface area contributed by atoms with Gasteiger partial charge in [-0.1, -0.05) is 18.2 Å². The maximum atomic E-state index is 7.78. The first-order valence-corrected chi connectivity index (χ1v) is 5.55. The van der Waals surface area contributed by atoms with Crippen LogP contribution in [0.15, 0.2) is 22.8 Å². The van der Waals surface area contributed by atoms with Crippen LogP contribution in [0.3, 0.4) is 0 Å². The van der Waals surface area contributed by atoms with E-state index in [0.29, 0.717) is 6.54 Å². The maximum absolute atomic E-state index is 7.78. The van der Waals surface area contributed by atoms with E-state index in [2.05, 4.69) is 46.2 Å². The highest BCUT2D eigenvalue weighted by Crippen LogP contribution is 2.10. The van der Waals surface area contributed by atoms with Gasteiger partial charge in [0, 0.05) is 6.54 Å². The van der Waals surface area contributed by atoms with E-state index < -0.39 is 0 Å². The van der Waals surface area contributed by atoms with E-state index in [-0.39, 0.29) is 17.3 Å². The van der Waals surface area contributed by atoms with Crippen LogP contribution in [-0.4, -0.2) is 16.1 Å². The van der Waals surface area contributed by atoms with Crippen LogP contribution in [0.2, 0.25) is 0 Å². The Hall–Kier alpha value is -2.37. The van der Waals surface area contributed by atoms with Crippen molar-refractivity contribution in [3.63, 3.8) is 0 Å². The van der Waals surface area contributed by atoms with Crippen molar-refractivity contribution < 1.29 is 4.63 Å². The van der Waals surface area contributed by atoms with Crippen molar-refractivity contribution in [2.75, 3.05) is 5.73 Å². The standard InChI is InChI=1S/C12H15N5O/c1-7-3-4-9(5-8(7)2)6-15-11(13)10-12(14)17-18-16-10/h3-5H,6H2,1-2H3,(H2,13,15)(H2,14,17). The van der Waals surface area contributed by atoms with Crippen LogP contribution in [-0.2, 0) is 6.54 Å². The Morgan fingerprint density at radius 1 is 1.33 bits per heavy atom. The van der Waals surface area contributed by atoms with E-state index in [1.807, 2.05) is 6.07 Å². The molecule has 0 unspecified atom stereocenters. The minimum atomic E-state index is 0.104. The molecule has 1 aromatic heterocycles. The molecule has 0 aliphatic carbocycles. The van der Waals surface area contributed by atoms with E-state index in [1.165, 1.54) is 11.1 Å². The zero-order valence-electron chi connectivity index (χ0n) is 10.3.